The molecule has 1 aliphatic rings. The molecule has 1 N–H and O–H groups in total. The van der Waals surface area contributed by atoms with Crippen molar-refractivity contribution in [1.29, 1.82) is 0 Å². The van der Waals surface area contributed by atoms with Crippen LogP contribution in [0.15, 0.2) is 30.3 Å². The molecule has 0 aliphatic carbocycles. The van der Waals surface area contributed by atoms with Crippen LogP contribution in [0.4, 0.5) is 5.69 Å². The van der Waals surface area contributed by atoms with Gasteiger partial charge in [-0.05, 0) is 31.2 Å². The molecule has 0 saturated heterocycles. The third-order valence-electron chi connectivity index (χ3n) is 4.61. The number of hydrogen-bond acceptors (Lipinski definition) is 8. The van der Waals surface area contributed by atoms with Gasteiger partial charge < -0.3 is 14.8 Å². The lowest BCUT2D eigenvalue weighted by atomic mass is 10.1. The molecule has 1 aromatic carbocycles. The molecule has 10 nitrogen and oxygen atoms in total. The summed E-state index contributed by atoms with van der Waals surface area (Å²) in [5.74, 6) is -3.16. The van der Waals surface area contributed by atoms with E-state index >= 15 is 0 Å². The maximum absolute atomic E-state index is 13.4. The molecule has 0 saturated carbocycles. The molecule has 2 aromatic rings. The number of pyridine rings is 1. The minimum atomic E-state index is -3.75. The van der Waals surface area contributed by atoms with E-state index in [2.05, 4.69) is 10.3 Å². The Morgan fingerprint density at radius 1 is 1.25 bits per heavy atom. The molecule has 3 rings (SSSR count). The highest BCUT2D eigenvalue weighted by atomic mass is 32.2. The van der Waals surface area contributed by atoms with Gasteiger partial charge in [0.05, 0.1) is 52.1 Å². The van der Waals surface area contributed by atoms with Gasteiger partial charge in [0.25, 0.3) is 17.7 Å². The van der Waals surface area contributed by atoms with Gasteiger partial charge in [0.2, 0.25) is 5.91 Å². The number of anilines is 1. The van der Waals surface area contributed by atoms with Crippen LogP contribution < -0.4 is 14.8 Å². The largest absolute Gasteiger partial charge is 0.491 e. The molecule has 170 valence electrons. The molecule has 0 spiro atoms. The van der Waals surface area contributed by atoms with Crippen molar-refractivity contribution in [3.05, 3.63) is 47.2 Å². The Bertz CT molecular complexity index is 1300. The van der Waals surface area contributed by atoms with E-state index in [1.165, 1.54) is 37.3 Å². The molecule has 32 heavy (non-hydrogen) atoms. The number of sulfone groups is 1. The third-order valence-corrected chi connectivity index (χ3v) is 5.53. The minimum absolute atomic E-state index is 0.00728. The standard InChI is InChI=1S/C21H23N3O7S/c1-5-31-19-17(30-3)10-9-14(23-19)16(11-32(4,28)29)24-20(26)13-7-6-8-15(22-12(2)25)18(13)21(24)27/h6-10,16H,5,11H2,1-4H3,(H,22,25)/t16-/m1/s1/i3D3. The first-order valence-corrected chi connectivity index (χ1v) is 11.6. The van der Waals surface area contributed by atoms with Crippen LogP contribution >= 0.6 is 0 Å². The van der Waals surface area contributed by atoms with Crippen LogP contribution in [0, 0.1) is 0 Å². The van der Waals surface area contributed by atoms with E-state index in [1.54, 1.807) is 6.92 Å². The summed E-state index contributed by atoms with van der Waals surface area (Å²) in [5.41, 5.74) is -0.00331. The summed E-state index contributed by atoms with van der Waals surface area (Å²) >= 11 is 0. The fraction of sp³-hybridized carbons (Fsp3) is 0.333. The Labute approximate surface area is 189 Å². The fourth-order valence-corrected chi connectivity index (χ4v) is 4.30. The van der Waals surface area contributed by atoms with Gasteiger partial charge in [-0.3, -0.25) is 19.3 Å². The molecule has 3 amide bonds. The van der Waals surface area contributed by atoms with Crippen LogP contribution in [-0.2, 0) is 14.6 Å². The molecule has 2 heterocycles. The van der Waals surface area contributed by atoms with Gasteiger partial charge in [0.15, 0.2) is 5.75 Å². The number of benzene rings is 1. The SMILES string of the molecule is [2H]C([2H])([2H])Oc1ccc([C@@H](CS(C)(=O)=O)N2C(=O)c3cccc(NC(C)=O)c3C2=O)nc1OCC. The van der Waals surface area contributed by atoms with E-state index in [4.69, 9.17) is 13.6 Å². The molecule has 0 unspecified atom stereocenters. The molecule has 1 aliphatic heterocycles. The van der Waals surface area contributed by atoms with Crippen LogP contribution in [-0.4, -0.2) is 61.7 Å². The number of aromatic nitrogens is 1. The zero-order valence-corrected chi connectivity index (χ0v) is 18.4. The average Bonchev–Trinajstić information content (AvgIpc) is 2.97. The number of hydrogen-bond donors (Lipinski definition) is 1. The lowest BCUT2D eigenvalue weighted by molar-refractivity contribution is -0.114. The number of nitrogens with one attached hydrogen (secondary N) is 1. The number of rotatable bonds is 8. The van der Waals surface area contributed by atoms with E-state index in [0.29, 0.717) is 0 Å². The maximum atomic E-state index is 13.4. The molecule has 1 aromatic heterocycles. The van der Waals surface area contributed by atoms with E-state index in [-0.39, 0.29) is 40.7 Å². The Kier molecular flexibility index (Phi) is 5.38. The highest BCUT2D eigenvalue weighted by Crippen LogP contribution is 2.37. The van der Waals surface area contributed by atoms with E-state index in [1.807, 2.05) is 0 Å². The third kappa shape index (κ3) is 4.57. The number of carbonyl (C=O) groups is 3. The predicted molar refractivity (Wildman–Crippen MR) is 116 cm³/mol. The number of carbonyl (C=O) groups excluding carboxylic acids is 3. The number of amides is 3. The highest BCUT2D eigenvalue weighted by molar-refractivity contribution is 7.90. The van der Waals surface area contributed by atoms with Crippen molar-refractivity contribution in [3.63, 3.8) is 0 Å². The molecule has 0 radical (unpaired) electrons. The molecule has 0 fully saturated rings. The Balaban J connectivity index is 2.12. The molecule has 11 heteroatoms. The van der Waals surface area contributed by atoms with Crippen molar-refractivity contribution in [3.8, 4) is 11.6 Å². The zero-order chi connectivity index (χ0) is 26.1. The number of fused-ring (bicyclic) bond motifs is 1. The quantitative estimate of drug-likeness (QED) is 0.585. The lowest BCUT2D eigenvalue weighted by Crippen LogP contribution is -2.38. The summed E-state index contributed by atoms with van der Waals surface area (Å²) in [6, 6.07) is 5.44. The predicted octanol–water partition coefficient (Wildman–Crippen LogP) is 1.83. The summed E-state index contributed by atoms with van der Waals surface area (Å²) in [4.78, 5) is 43.2. The second-order valence-corrected chi connectivity index (χ2v) is 9.26. The Morgan fingerprint density at radius 3 is 2.62 bits per heavy atom. The van der Waals surface area contributed by atoms with Crippen molar-refractivity contribution in [2.24, 2.45) is 0 Å². The smallest absolute Gasteiger partial charge is 0.264 e. The van der Waals surface area contributed by atoms with Crippen LogP contribution in [0.1, 0.15) is 50.4 Å². The molecular weight excluding hydrogens is 438 g/mol. The fourth-order valence-electron chi connectivity index (χ4n) is 3.40. The average molecular weight is 465 g/mol. The zero-order valence-electron chi connectivity index (χ0n) is 20.5. The van der Waals surface area contributed by atoms with Crippen molar-refractivity contribution < 1.29 is 36.4 Å². The highest BCUT2D eigenvalue weighted by Gasteiger charge is 2.44. The van der Waals surface area contributed by atoms with Gasteiger partial charge in [-0.25, -0.2) is 13.4 Å². The van der Waals surface area contributed by atoms with Gasteiger partial charge in [0.1, 0.15) is 9.84 Å². The van der Waals surface area contributed by atoms with Crippen molar-refractivity contribution in [1.82, 2.24) is 9.88 Å². The first-order valence-electron chi connectivity index (χ1n) is 11.0. The summed E-state index contributed by atoms with van der Waals surface area (Å²) < 4.78 is 56.7. The van der Waals surface area contributed by atoms with Gasteiger partial charge in [0, 0.05) is 13.2 Å². The Morgan fingerprint density at radius 2 is 2.00 bits per heavy atom. The van der Waals surface area contributed by atoms with E-state index < -0.39 is 46.4 Å². The van der Waals surface area contributed by atoms with Crippen molar-refractivity contribution in [2.75, 3.05) is 31.0 Å². The summed E-state index contributed by atoms with van der Waals surface area (Å²) in [6.45, 7) is 2.94. The number of nitrogens with zero attached hydrogens (tertiary/aromatic N) is 2. The van der Waals surface area contributed by atoms with E-state index in [9.17, 15) is 22.8 Å². The minimum Gasteiger partial charge on any atom is -0.491 e. The maximum Gasteiger partial charge on any atom is 0.264 e. The van der Waals surface area contributed by atoms with Crippen LogP contribution in [0.25, 0.3) is 0 Å². The molecular formula is C21H23N3O7S. The first kappa shape index (κ1) is 19.2. The van der Waals surface area contributed by atoms with Crippen LogP contribution in [0.5, 0.6) is 11.6 Å². The van der Waals surface area contributed by atoms with Gasteiger partial charge in [-0.1, -0.05) is 6.07 Å². The van der Waals surface area contributed by atoms with Crippen molar-refractivity contribution >= 4 is 33.2 Å². The van der Waals surface area contributed by atoms with Gasteiger partial charge in [-0.15, -0.1) is 0 Å². The second kappa shape index (κ2) is 8.95. The summed E-state index contributed by atoms with van der Waals surface area (Å²) in [6.07, 6.45) is 0.941. The molecule has 0 bridgehead atoms. The lowest BCUT2D eigenvalue weighted by Gasteiger charge is -2.26. The number of ether oxygens (including phenoxy) is 2. The topological polar surface area (TPSA) is 132 Å². The summed E-state index contributed by atoms with van der Waals surface area (Å²) in [7, 11) is -6.56. The van der Waals surface area contributed by atoms with Crippen LogP contribution in [0.3, 0.4) is 0 Å². The molecule has 1 atom stereocenters. The van der Waals surface area contributed by atoms with Crippen LogP contribution in [0.2, 0.25) is 0 Å². The van der Waals surface area contributed by atoms with Gasteiger partial charge in [-0.2, -0.15) is 0 Å². The Hall–Kier alpha value is -3.47. The monoisotopic (exact) mass is 464 g/mol. The van der Waals surface area contributed by atoms with E-state index in [0.717, 1.165) is 11.2 Å². The first-order chi connectivity index (χ1) is 16.2. The van der Waals surface area contributed by atoms with Crippen molar-refractivity contribution in [2.45, 2.75) is 19.9 Å². The van der Waals surface area contributed by atoms with Gasteiger partial charge >= 0.3 is 0 Å². The number of imide groups is 1. The summed E-state index contributed by atoms with van der Waals surface area (Å²) in [5, 5.41) is 2.50. The number of methoxy groups -OCH3 is 1. The second-order valence-electron chi connectivity index (χ2n) is 7.07. The normalized spacial score (nSPS) is 16.0.